The Morgan fingerprint density at radius 1 is 1.53 bits per heavy atom. The molecule has 0 spiro atoms. The average Bonchev–Trinajstić information content (AvgIpc) is 3.01. The van der Waals surface area contributed by atoms with E-state index in [0.717, 1.165) is 23.5 Å². The van der Waals surface area contributed by atoms with E-state index < -0.39 is 0 Å². The van der Waals surface area contributed by atoms with Crippen LogP contribution < -0.4 is 5.32 Å². The summed E-state index contributed by atoms with van der Waals surface area (Å²) in [4.78, 5) is 17.2. The number of carbonyl (C=O) groups excluding carboxylic acids is 1. The Morgan fingerprint density at radius 2 is 2.35 bits per heavy atom. The van der Waals surface area contributed by atoms with E-state index in [0.29, 0.717) is 6.54 Å². The van der Waals surface area contributed by atoms with E-state index in [1.807, 2.05) is 22.2 Å². The van der Waals surface area contributed by atoms with Gasteiger partial charge in [-0.05, 0) is 12.8 Å². The Labute approximate surface area is 104 Å². The van der Waals surface area contributed by atoms with Gasteiger partial charge < -0.3 is 5.32 Å². The molecule has 1 aliphatic carbocycles. The summed E-state index contributed by atoms with van der Waals surface area (Å²) >= 11 is 1.61. The first kappa shape index (κ1) is 10.8. The number of amides is 1. The zero-order valence-corrected chi connectivity index (χ0v) is 10.4. The van der Waals surface area contributed by atoms with Crippen molar-refractivity contribution in [2.75, 3.05) is 0 Å². The van der Waals surface area contributed by atoms with Gasteiger partial charge in [0, 0.05) is 23.7 Å². The van der Waals surface area contributed by atoms with Crippen LogP contribution in [0.4, 0.5) is 0 Å². The molecule has 1 N–H and O–H groups in total. The Balaban J connectivity index is 1.60. The van der Waals surface area contributed by atoms with E-state index in [1.165, 1.54) is 12.8 Å². The summed E-state index contributed by atoms with van der Waals surface area (Å²) in [5.74, 6) is 0.428. The van der Waals surface area contributed by atoms with E-state index >= 15 is 0 Å². The quantitative estimate of drug-likeness (QED) is 0.906. The maximum absolute atomic E-state index is 11.8. The minimum absolute atomic E-state index is 0.193. The second-order valence-electron chi connectivity index (χ2n) is 4.52. The minimum atomic E-state index is 0.193. The molecule has 1 amide bonds. The predicted molar refractivity (Wildman–Crippen MR) is 66.9 cm³/mol. The van der Waals surface area contributed by atoms with E-state index in [2.05, 4.69) is 10.3 Å². The normalized spacial score (nSPS) is 16.7. The first-order valence-corrected chi connectivity index (χ1v) is 6.90. The molecule has 0 aliphatic heterocycles. The molecule has 0 aromatic carbocycles. The molecule has 2 aromatic rings. The van der Waals surface area contributed by atoms with Crippen LogP contribution in [-0.4, -0.2) is 15.3 Å². The number of imidazole rings is 1. The summed E-state index contributed by atoms with van der Waals surface area (Å²) in [6.07, 6.45) is 8.43. The van der Waals surface area contributed by atoms with Gasteiger partial charge in [0.25, 0.3) is 0 Å². The minimum Gasteiger partial charge on any atom is -0.350 e. The molecule has 0 atom stereocenters. The number of nitrogens with one attached hydrogen (secondary N) is 1. The first-order valence-electron chi connectivity index (χ1n) is 6.02. The van der Waals surface area contributed by atoms with E-state index in [-0.39, 0.29) is 11.8 Å². The van der Waals surface area contributed by atoms with Gasteiger partial charge in [0.15, 0.2) is 4.96 Å². The van der Waals surface area contributed by atoms with Gasteiger partial charge in [-0.25, -0.2) is 4.98 Å². The Morgan fingerprint density at radius 3 is 3.12 bits per heavy atom. The Kier molecular flexibility index (Phi) is 2.84. The van der Waals surface area contributed by atoms with Crippen LogP contribution in [0.5, 0.6) is 0 Å². The third-order valence-electron chi connectivity index (χ3n) is 3.31. The molecule has 2 heterocycles. The third-order valence-corrected chi connectivity index (χ3v) is 4.08. The van der Waals surface area contributed by atoms with Gasteiger partial charge in [-0.15, -0.1) is 11.3 Å². The van der Waals surface area contributed by atoms with Crippen molar-refractivity contribution in [1.29, 1.82) is 0 Å². The second kappa shape index (κ2) is 4.49. The highest BCUT2D eigenvalue weighted by Gasteiger charge is 2.22. The highest BCUT2D eigenvalue weighted by atomic mass is 32.1. The number of rotatable bonds is 3. The van der Waals surface area contributed by atoms with Crippen LogP contribution in [0.1, 0.15) is 31.4 Å². The molecule has 90 valence electrons. The lowest BCUT2D eigenvalue weighted by Crippen LogP contribution is -2.28. The lowest BCUT2D eigenvalue weighted by atomic mass is 10.1. The van der Waals surface area contributed by atoms with Crippen molar-refractivity contribution >= 4 is 22.2 Å². The van der Waals surface area contributed by atoms with Crippen molar-refractivity contribution < 1.29 is 4.79 Å². The monoisotopic (exact) mass is 249 g/mol. The Hall–Kier alpha value is -1.36. The largest absolute Gasteiger partial charge is 0.350 e. The highest BCUT2D eigenvalue weighted by Crippen LogP contribution is 2.24. The smallest absolute Gasteiger partial charge is 0.223 e. The van der Waals surface area contributed by atoms with Gasteiger partial charge >= 0.3 is 0 Å². The predicted octanol–water partition coefficient (Wildman–Crippen LogP) is 2.20. The fourth-order valence-electron chi connectivity index (χ4n) is 2.37. The number of carbonyl (C=O) groups is 1. The second-order valence-corrected chi connectivity index (χ2v) is 5.40. The van der Waals surface area contributed by atoms with Gasteiger partial charge in [-0.3, -0.25) is 9.20 Å². The van der Waals surface area contributed by atoms with E-state index in [1.54, 1.807) is 11.3 Å². The maximum atomic E-state index is 11.8. The fourth-order valence-corrected chi connectivity index (χ4v) is 3.09. The van der Waals surface area contributed by atoms with Crippen molar-refractivity contribution in [2.24, 2.45) is 5.92 Å². The standard InChI is InChI=1S/C12H15N3OS/c16-11(9-3-1-2-4-9)13-7-10-8-15-5-6-17-12(15)14-10/h5-6,8-9H,1-4,7H2,(H,13,16). The number of hydrogen-bond donors (Lipinski definition) is 1. The zero-order chi connectivity index (χ0) is 11.7. The molecular weight excluding hydrogens is 234 g/mol. The fraction of sp³-hybridized carbons (Fsp3) is 0.500. The lowest BCUT2D eigenvalue weighted by Gasteiger charge is -2.08. The molecular formula is C12H15N3OS. The van der Waals surface area contributed by atoms with Gasteiger partial charge in [-0.2, -0.15) is 0 Å². The van der Waals surface area contributed by atoms with Crippen molar-refractivity contribution in [3.05, 3.63) is 23.5 Å². The van der Waals surface area contributed by atoms with Gasteiger partial charge in [-0.1, -0.05) is 12.8 Å². The van der Waals surface area contributed by atoms with E-state index in [9.17, 15) is 4.79 Å². The molecule has 0 saturated heterocycles. The van der Waals surface area contributed by atoms with Crippen molar-refractivity contribution in [3.63, 3.8) is 0 Å². The first-order chi connectivity index (χ1) is 8.33. The summed E-state index contributed by atoms with van der Waals surface area (Å²) in [6, 6.07) is 0. The summed E-state index contributed by atoms with van der Waals surface area (Å²) in [5, 5.41) is 4.98. The molecule has 17 heavy (non-hydrogen) atoms. The lowest BCUT2D eigenvalue weighted by molar-refractivity contribution is -0.124. The molecule has 0 unspecified atom stereocenters. The summed E-state index contributed by atoms with van der Waals surface area (Å²) in [5.41, 5.74) is 0.934. The van der Waals surface area contributed by atoms with Crippen LogP contribution >= 0.6 is 11.3 Å². The molecule has 4 nitrogen and oxygen atoms in total. The molecule has 3 rings (SSSR count). The Bertz CT molecular complexity index is 496. The molecule has 0 bridgehead atoms. The number of thiazole rings is 1. The number of hydrogen-bond acceptors (Lipinski definition) is 3. The van der Waals surface area contributed by atoms with Crippen LogP contribution in [0.15, 0.2) is 17.8 Å². The van der Waals surface area contributed by atoms with Crippen LogP contribution in [0, 0.1) is 5.92 Å². The molecule has 2 aromatic heterocycles. The van der Waals surface area contributed by atoms with Crippen LogP contribution in [0.3, 0.4) is 0 Å². The average molecular weight is 249 g/mol. The van der Waals surface area contributed by atoms with Crippen LogP contribution in [0.2, 0.25) is 0 Å². The zero-order valence-electron chi connectivity index (χ0n) is 9.56. The van der Waals surface area contributed by atoms with Gasteiger partial charge in [0.2, 0.25) is 5.91 Å². The summed E-state index contributed by atoms with van der Waals surface area (Å²) in [7, 11) is 0. The third kappa shape index (κ3) is 2.20. The van der Waals surface area contributed by atoms with Crippen LogP contribution in [-0.2, 0) is 11.3 Å². The summed E-state index contributed by atoms with van der Waals surface area (Å²) < 4.78 is 1.99. The van der Waals surface area contributed by atoms with Gasteiger partial charge in [0.05, 0.1) is 12.2 Å². The van der Waals surface area contributed by atoms with Crippen LogP contribution in [0.25, 0.3) is 4.96 Å². The molecule has 0 radical (unpaired) electrons. The molecule has 1 saturated carbocycles. The van der Waals surface area contributed by atoms with Crippen molar-refractivity contribution in [2.45, 2.75) is 32.2 Å². The number of aromatic nitrogens is 2. The van der Waals surface area contributed by atoms with E-state index in [4.69, 9.17) is 0 Å². The number of nitrogens with zero attached hydrogens (tertiary/aromatic N) is 2. The topological polar surface area (TPSA) is 46.4 Å². The van der Waals surface area contributed by atoms with Crippen molar-refractivity contribution in [3.8, 4) is 0 Å². The highest BCUT2D eigenvalue weighted by molar-refractivity contribution is 7.15. The number of fused-ring (bicyclic) bond motifs is 1. The SMILES string of the molecule is O=C(NCc1cn2ccsc2n1)C1CCCC1. The molecule has 5 heteroatoms. The molecule has 1 aliphatic rings. The molecule has 1 fully saturated rings. The van der Waals surface area contributed by atoms with Gasteiger partial charge in [0.1, 0.15) is 0 Å². The summed E-state index contributed by atoms with van der Waals surface area (Å²) in [6.45, 7) is 0.545. The van der Waals surface area contributed by atoms with Crippen molar-refractivity contribution in [1.82, 2.24) is 14.7 Å². The maximum Gasteiger partial charge on any atom is 0.223 e.